The lowest BCUT2D eigenvalue weighted by atomic mass is 10.4. The van der Waals surface area contributed by atoms with E-state index in [9.17, 15) is 8.42 Å². The third-order valence-electron chi connectivity index (χ3n) is 2.28. The molecule has 0 saturated heterocycles. The van der Waals surface area contributed by atoms with Gasteiger partial charge in [0.25, 0.3) is 10.0 Å². The summed E-state index contributed by atoms with van der Waals surface area (Å²) < 4.78 is 26.5. The highest BCUT2D eigenvalue weighted by Gasteiger charge is 2.16. The van der Waals surface area contributed by atoms with E-state index in [0.717, 1.165) is 6.20 Å². The number of nitrogens with one attached hydrogen (secondary N) is 1. The van der Waals surface area contributed by atoms with Gasteiger partial charge >= 0.3 is 0 Å². The summed E-state index contributed by atoms with van der Waals surface area (Å²) in [6, 6.07) is 6.26. The maximum atomic E-state index is 12.1. The molecule has 2 heterocycles. The number of pyridine rings is 2. The summed E-state index contributed by atoms with van der Waals surface area (Å²) >= 11 is 5.75. The number of aryl methyl sites for hydroxylation is 1. The fraction of sp³-hybridized carbons (Fsp3) is 0.0909. The van der Waals surface area contributed by atoms with Gasteiger partial charge in [0.1, 0.15) is 16.5 Å². The Hall–Kier alpha value is -1.86. The van der Waals surface area contributed by atoms with Gasteiger partial charge in [-0.15, -0.1) is 0 Å². The molecular weight excluding hydrogens is 288 g/mol. The van der Waals surface area contributed by atoms with Crippen molar-refractivity contribution in [2.45, 2.75) is 11.8 Å². The number of sulfonamides is 1. The average molecular weight is 299 g/mol. The molecule has 2 aromatic heterocycles. The van der Waals surface area contributed by atoms with E-state index >= 15 is 0 Å². The Kier molecular flexibility index (Phi) is 3.59. The third-order valence-corrected chi connectivity index (χ3v) is 3.91. The van der Waals surface area contributed by atoms with Crippen LogP contribution in [0.15, 0.2) is 35.4 Å². The van der Waals surface area contributed by atoms with Gasteiger partial charge in [0.15, 0.2) is 0 Å². The van der Waals surface area contributed by atoms with Gasteiger partial charge < -0.3 is 5.73 Å². The van der Waals surface area contributed by atoms with Crippen molar-refractivity contribution in [3.8, 4) is 0 Å². The van der Waals surface area contributed by atoms with Gasteiger partial charge in [0.05, 0.1) is 5.02 Å². The summed E-state index contributed by atoms with van der Waals surface area (Å²) in [7, 11) is -3.78. The van der Waals surface area contributed by atoms with Gasteiger partial charge in [-0.1, -0.05) is 17.7 Å². The zero-order valence-electron chi connectivity index (χ0n) is 9.96. The largest absolute Gasteiger partial charge is 0.382 e. The molecule has 0 radical (unpaired) electrons. The van der Waals surface area contributed by atoms with Crippen LogP contribution in [0.25, 0.3) is 0 Å². The monoisotopic (exact) mass is 298 g/mol. The molecule has 0 amide bonds. The van der Waals surface area contributed by atoms with Gasteiger partial charge in [-0.05, 0) is 25.1 Å². The molecule has 0 saturated carbocycles. The fourth-order valence-electron chi connectivity index (χ4n) is 1.37. The molecule has 0 fully saturated rings. The number of aromatic nitrogens is 2. The zero-order valence-corrected chi connectivity index (χ0v) is 11.5. The molecule has 0 unspecified atom stereocenters. The maximum Gasteiger partial charge on any atom is 0.264 e. The van der Waals surface area contributed by atoms with E-state index in [4.69, 9.17) is 17.3 Å². The van der Waals surface area contributed by atoms with E-state index in [1.807, 2.05) is 0 Å². The van der Waals surface area contributed by atoms with Crippen molar-refractivity contribution in [1.29, 1.82) is 0 Å². The molecule has 2 aromatic rings. The van der Waals surface area contributed by atoms with Crippen LogP contribution in [0, 0.1) is 6.92 Å². The summed E-state index contributed by atoms with van der Waals surface area (Å²) in [5, 5.41) is 0.0834. The second-order valence-corrected chi connectivity index (χ2v) is 5.90. The van der Waals surface area contributed by atoms with Gasteiger partial charge in [-0.2, -0.15) is 0 Å². The number of anilines is 2. The Balaban J connectivity index is 2.35. The van der Waals surface area contributed by atoms with Gasteiger partial charge in [0.2, 0.25) is 0 Å². The van der Waals surface area contributed by atoms with Crippen LogP contribution in [0.2, 0.25) is 5.02 Å². The molecule has 100 valence electrons. The maximum absolute atomic E-state index is 12.1. The molecule has 3 N–H and O–H groups in total. The summed E-state index contributed by atoms with van der Waals surface area (Å²) in [5.74, 6) is 0.308. The van der Waals surface area contributed by atoms with Crippen molar-refractivity contribution in [3.05, 3.63) is 41.2 Å². The Morgan fingerprint density at radius 1 is 1.37 bits per heavy atom. The Bertz CT molecular complexity index is 718. The van der Waals surface area contributed by atoms with Crippen LogP contribution in [-0.2, 0) is 10.0 Å². The second kappa shape index (κ2) is 5.02. The van der Waals surface area contributed by atoms with Crippen LogP contribution in [0.4, 0.5) is 11.6 Å². The van der Waals surface area contributed by atoms with Crippen molar-refractivity contribution < 1.29 is 8.42 Å². The number of nitrogens with zero attached hydrogens (tertiary/aromatic N) is 2. The van der Waals surface area contributed by atoms with E-state index in [2.05, 4.69) is 14.7 Å². The molecule has 0 aliphatic carbocycles. The molecule has 19 heavy (non-hydrogen) atoms. The Labute approximate surface area is 115 Å². The number of hydrogen-bond donors (Lipinski definition) is 2. The smallest absolute Gasteiger partial charge is 0.264 e. The van der Waals surface area contributed by atoms with Crippen LogP contribution in [0.3, 0.4) is 0 Å². The Morgan fingerprint density at radius 3 is 2.74 bits per heavy atom. The standard InChI is InChI=1S/C11H11ClN4O2S/c1-7-3-2-4-10(15-7)16-19(17,18)8-5-9(12)11(13)14-6-8/h2-6H,1H3,(H2,13,14)(H,15,16). The minimum absolute atomic E-state index is 0.0741. The first kappa shape index (κ1) is 13.6. The molecule has 0 bridgehead atoms. The molecule has 0 atom stereocenters. The lowest BCUT2D eigenvalue weighted by Crippen LogP contribution is -2.14. The number of halogens is 1. The van der Waals surface area contributed by atoms with Crippen molar-refractivity contribution in [2.24, 2.45) is 0 Å². The molecule has 8 heteroatoms. The van der Waals surface area contributed by atoms with Crippen LogP contribution < -0.4 is 10.5 Å². The molecule has 0 aromatic carbocycles. The van der Waals surface area contributed by atoms with Crippen LogP contribution in [-0.4, -0.2) is 18.4 Å². The minimum atomic E-state index is -3.78. The summed E-state index contributed by atoms with van der Waals surface area (Å²) in [4.78, 5) is 7.69. The van der Waals surface area contributed by atoms with Crippen LogP contribution >= 0.6 is 11.6 Å². The first-order valence-electron chi connectivity index (χ1n) is 5.26. The predicted molar refractivity (Wildman–Crippen MR) is 73.4 cm³/mol. The third kappa shape index (κ3) is 3.12. The van der Waals surface area contributed by atoms with Gasteiger partial charge in [-0.3, -0.25) is 4.72 Å². The van der Waals surface area contributed by atoms with Crippen molar-refractivity contribution >= 4 is 33.3 Å². The van der Waals surface area contributed by atoms with Crippen LogP contribution in [0.1, 0.15) is 5.69 Å². The van der Waals surface area contributed by atoms with E-state index in [0.29, 0.717) is 5.69 Å². The Morgan fingerprint density at radius 2 is 2.11 bits per heavy atom. The minimum Gasteiger partial charge on any atom is -0.382 e. The lowest BCUT2D eigenvalue weighted by Gasteiger charge is -2.08. The summed E-state index contributed by atoms with van der Waals surface area (Å²) in [6.07, 6.45) is 1.14. The van der Waals surface area contributed by atoms with Crippen molar-refractivity contribution in [2.75, 3.05) is 10.5 Å². The molecular formula is C11H11ClN4O2S. The molecule has 2 rings (SSSR count). The second-order valence-electron chi connectivity index (χ2n) is 3.81. The van der Waals surface area contributed by atoms with E-state index in [-0.39, 0.29) is 21.6 Å². The fourth-order valence-corrected chi connectivity index (χ4v) is 2.58. The molecule has 0 spiro atoms. The molecule has 0 aliphatic rings. The lowest BCUT2D eigenvalue weighted by molar-refractivity contribution is 0.600. The highest BCUT2D eigenvalue weighted by Crippen LogP contribution is 2.21. The van der Waals surface area contributed by atoms with Gasteiger partial charge in [-0.25, -0.2) is 18.4 Å². The molecule has 0 aliphatic heterocycles. The van der Waals surface area contributed by atoms with Crippen molar-refractivity contribution in [3.63, 3.8) is 0 Å². The SMILES string of the molecule is Cc1cccc(NS(=O)(=O)c2cnc(N)c(Cl)c2)n1. The van der Waals surface area contributed by atoms with Crippen molar-refractivity contribution in [1.82, 2.24) is 9.97 Å². The quantitative estimate of drug-likeness (QED) is 0.900. The first-order chi connectivity index (χ1) is 8.88. The highest BCUT2D eigenvalue weighted by atomic mass is 35.5. The number of nitrogen functional groups attached to an aromatic ring is 1. The summed E-state index contributed by atoms with van der Waals surface area (Å²) in [5.41, 5.74) is 6.14. The number of rotatable bonds is 3. The number of hydrogen-bond acceptors (Lipinski definition) is 5. The van der Waals surface area contributed by atoms with E-state index in [1.54, 1.807) is 25.1 Å². The predicted octanol–water partition coefficient (Wildman–Crippen LogP) is 1.82. The van der Waals surface area contributed by atoms with Gasteiger partial charge in [0, 0.05) is 11.9 Å². The topological polar surface area (TPSA) is 98.0 Å². The normalized spacial score (nSPS) is 11.3. The van der Waals surface area contributed by atoms with Crippen LogP contribution in [0.5, 0.6) is 0 Å². The first-order valence-corrected chi connectivity index (χ1v) is 7.12. The van der Waals surface area contributed by atoms with E-state index in [1.165, 1.54) is 6.07 Å². The summed E-state index contributed by atoms with van der Waals surface area (Å²) in [6.45, 7) is 1.76. The zero-order chi connectivity index (χ0) is 14.0. The molecule has 6 nitrogen and oxygen atoms in total. The number of nitrogens with two attached hydrogens (primary N) is 1. The highest BCUT2D eigenvalue weighted by molar-refractivity contribution is 7.92. The average Bonchev–Trinajstić information content (AvgIpc) is 2.32. The van der Waals surface area contributed by atoms with E-state index < -0.39 is 10.0 Å².